The molecule has 0 aromatic heterocycles. The maximum atomic E-state index is 12.3. The number of sulfonamides is 1. The smallest absolute Gasteiger partial charge is 0.240 e. The second-order valence-corrected chi connectivity index (χ2v) is 6.75. The first-order valence-corrected chi connectivity index (χ1v) is 8.44. The summed E-state index contributed by atoms with van der Waals surface area (Å²) in [5.74, 6) is 0. The average Bonchev–Trinajstić information content (AvgIpc) is 2.45. The van der Waals surface area contributed by atoms with Crippen LogP contribution < -0.4 is 10.5 Å². The Morgan fingerprint density at radius 2 is 1.95 bits per heavy atom. The van der Waals surface area contributed by atoms with Gasteiger partial charge in [-0.25, -0.2) is 13.1 Å². The van der Waals surface area contributed by atoms with Gasteiger partial charge < -0.3 is 10.5 Å². The third-order valence-corrected chi connectivity index (χ3v) is 5.16. The van der Waals surface area contributed by atoms with Crippen LogP contribution in [0.1, 0.15) is 25.8 Å². The van der Waals surface area contributed by atoms with Crippen molar-refractivity contribution in [1.82, 2.24) is 4.72 Å². The zero-order chi connectivity index (χ0) is 14.8. The van der Waals surface area contributed by atoms with E-state index in [2.05, 4.69) is 4.72 Å². The summed E-state index contributed by atoms with van der Waals surface area (Å²) in [5.41, 5.74) is 6.98. The van der Waals surface area contributed by atoms with Crippen LogP contribution in [-0.4, -0.2) is 33.2 Å². The number of nitrogens with one attached hydrogen (secondary N) is 1. The summed E-state index contributed by atoms with van der Waals surface area (Å²) < 4.78 is 32.7. The van der Waals surface area contributed by atoms with E-state index in [1.165, 1.54) is 0 Å². The number of aryl methyl sites for hydroxylation is 1. The summed E-state index contributed by atoms with van der Waals surface area (Å²) in [6, 6.07) is 6.38. The standard InChI is InChI=1S/C14H22N2O3S/c1-3-10-5-7-11(8-6-10)20(17,18)16-14-12(15)9-13(14)19-4-2/h5-8,12-14,16H,3-4,9,15H2,1-2H3. The summed E-state index contributed by atoms with van der Waals surface area (Å²) in [7, 11) is -3.54. The molecule has 1 aromatic carbocycles. The van der Waals surface area contributed by atoms with Crippen molar-refractivity contribution in [1.29, 1.82) is 0 Å². The highest BCUT2D eigenvalue weighted by atomic mass is 32.2. The van der Waals surface area contributed by atoms with Crippen LogP contribution in [0.4, 0.5) is 0 Å². The van der Waals surface area contributed by atoms with Crippen LogP contribution in [0.15, 0.2) is 29.2 Å². The van der Waals surface area contributed by atoms with E-state index in [1.54, 1.807) is 12.1 Å². The second-order valence-electron chi connectivity index (χ2n) is 5.04. The predicted molar refractivity (Wildman–Crippen MR) is 77.9 cm³/mol. The third kappa shape index (κ3) is 3.20. The Kier molecular flexibility index (Phi) is 4.80. The lowest BCUT2D eigenvalue weighted by Crippen LogP contribution is -2.64. The van der Waals surface area contributed by atoms with Crippen molar-refractivity contribution >= 4 is 10.0 Å². The van der Waals surface area contributed by atoms with Gasteiger partial charge in [-0.3, -0.25) is 0 Å². The van der Waals surface area contributed by atoms with E-state index in [1.807, 2.05) is 26.0 Å². The molecule has 1 fully saturated rings. The van der Waals surface area contributed by atoms with Gasteiger partial charge in [0.25, 0.3) is 0 Å². The van der Waals surface area contributed by atoms with Gasteiger partial charge in [-0.15, -0.1) is 0 Å². The number of rotatable bonds is 6. The van der Waals surface area contributed by atoms with Crippen LogP contribution in [0.5, 0.6) is 0 Å². The van der Waals surface area contributed by atoms with Gasteiger partial charge in [-0.2, -0.15) is 0 Å². The number of hydrogen-bond donors (Lipinski definition) is 2. The molecule has 0 saturated heterocycles. The van der Waals surface area contributed by atoms with Crippen molar-refractivity contribution in [2.45, 2.75) is 49.8 Å². The summed E-state index contributed by atoms with van der Waals surface area (Å²) in [6.45, 7) is 4.47. The Morgan fingerprint density at radius 3 is 2.45 bits per heavy atom. The molecule has 20 heavy (non-hydrogen) atoms. The first-order chi connectivity index (χ1) is 9.47. The molecule has 1 aromatic rings. The van der Waals surface area contributed by atoms with Gasteiger partial charge >= 0.3 is 0 Å². The van der Waals surface area contributed by atoms with Crippen molar-refractivity contribution in [2.24, 2.45) is 5.73 Å². The number of benzene rings is 1. The van der Waals surface area contributed by atoms with Crippen LogP contribution in [0.25, 0.3) is 0 Å². The van der Waals surface area contributed by atoms with E-state index < -0.39 is 10.0 Å². The van der Waals surface area contributed by atoms with E-state index in [0.717, 1.165) is 12.0 Å². The molecule has 1 aliphatic carbocycles. The monoisotopic (exact) mass is 298 g/mol. The summed E-state index contributed by atoms with van der Waals surface area (Å²) >= 11 is 0. The van der Waals surface area contributed by atoms with E-state index in [9.17, 15) is 8.42 Å². The lowest BCUT2D eigenvalue weighted by molar-refractivity contribution is -0.0248. The fourth-order valence-electron chi connectivity index (χ4n) is 2.34. The predicted octanol–water partition coefficient (Wildman–Crippen LogP) is 1.03. The fourth-order valence-corrected chi connectivity index (χ4v) is 3.66. The minimum absolute atomic E-state index is 0.125. The molecule has 3 atom stereocenters. The van der Waals surface area contributed by atoms with Gasteiger partial charge in [-0.1, -0.05) is 19.1 Å². The lowest BCUT2D eigenvalue weighted by atomic mass is 9.84. The van der Waals surface area contributed by atoms with Gasteiger partial charge in [0.2, 0.25) is 10.0 Å². The van der Waals surface area contributed by atoms with E-state index in [0.29, 0.717) is 13.0 Å². The molecule has 1 aliphatic rings. The normalized spacial score (nSPS) is 26.2. The summed E-state index contributed by atoms with van der Waals surface area (Å²) in [4.78, 5) is 0.268. The zero-order valence-corrected chi connectivity index (χ0v) is 12.7. The number of nitrogens with two attached hydrogens (primary N) is 1. The van der Waals surface area contributed by atoms with E-state index in [-0.39, 0.29) is 23.1 Å². The van der Waals surface area contributed by atoms with Crippen LogP contribution in [0.3, 0.4) is 0 Å². The molecule has 112 valence electrons. The molecule has 3 N–H and O–H groups in total. The Morgan fingerprint density at radius 1 is 1.30 bits per heavy atom. The quantitative estimate of drug-likeness (QED) is 0.822. The SMILES string of the molecule is CCOC1CC(N)C1NS(=O)(=O)c1ccc(CC)cc1. The molecular weight excluding hydrogens is 276 g/mol. The van der Waals surface area contributed by atoms with Crippen molar-refractivity contribution in [2.75, 3.05) is 6.61 Å². The molecule has 2 rings (SSSR count). The molecule has 0 amide bonds. The van der Waals surface area contributed by atoms with E-state index in [4.69, 9.17) is 10.5 Å². The molecule has 1 saturated carbocycles. The highest BCUT2D eigenvalue weighted by molar-refractivity contribution is 7.89. The summed E-state index contributed by atoms with van der Waals surface area (Å²) in [5, 5.41) is 0. The lowest BCUT2D eigenvalue weighted by Gasteiger charge is -2.42. The third-order valence-electron chi connectivity index (χ3n) is 3.68. The second kappa shape index (κ2) is 6.22. The molecule has 0 heterocycles. The highest BCUT2D eigenvalue weighted by Gasteiger charge is 2.41. The first kappa shape index (κ1) is 15.4. The van der Waals surface area contributed by atoms with Crippen molar-refractivity contribution in [3.63, 3.8) is 0 Å². The van der Waals surface area contributed by atoms with Gasteiger partial charge in [0, 0.05) is 12.6 Å². The largest absolute Gasteiger partial charge is 0.377 e. The average molecular weight is 298 g/mol. The molecular formula is C14H22N2O3S. The molecule has 0 spiro atoms. The Bertz CT molecular complexity index is 540. The molecule has 6 heteroatoms. The Hall–Kier alpha value is -0.950. The highest BCUT2D eigenvalue weighted by Crippen LogP contribution is 2.24. The fraction of sp³-hybridized carbons (Fsp3) is 0.571. The summed E-state index contributed by atoms with van der Waals surface area (Å²) in [6.07, 6.45) is 1.45. The van der Waals surface area contributed by atoms with Crippen molar-refractivity contribution < 1.29 is 13.2 Å². The first-order valence-electron chi connectivity index (χ1n) is 6.96. The van der Waals surface area contributed by atoms with Crippen LogP contribution >= 0.6 is 0 Å². The molecule has 0 bridgehead atoms. The minimum Gasteiger partial charge on any atom is -0.377 e. The van der Waals surface area contributed by atoms with Gasteiger partial charge in [0.1, 0.15) is 0 Å². The Labute approximate surface area is 120 Å². The van der Waals surface area contributed by atoms with Crippen molar-refractivity contribution in [3.8, 4) is 0 Å². The van der Waals surface area contributed by atoms with Crippen LogP contribution in [-0.2, 0) is 21.2 Å². The molecule has 5 nitrogen and oxygen atoms in total. The van der Waals surface area contributed by atoms with Crippen LogP contribution in [0.2, 0.25) is 0 Å². The van der Waals surface area contributed by atoms with Gasteiger partial charge in [0.05, 0.1) is 17.0 Å². The maximum Gasteiger partial charge on any atom is 0.240 e. The number of hydrogen-bond acceptors (Lipinski definition) is 4. The number of ether oxygens (including phenoxy) is 1. The van der Waals surface area contributed by atoms with Gasteiger partial charge in [-0.05, 0) is 37.5 Å². The minimum atomic E-state index is -3.54. The maximum absolute atomic E-state index is 12.3. The van der Waals surface area contributed by atoms with Crippen molar-refractivity contribution in [3.05, 3.63) is 29.8 Å². The van der Waals surface area contributed by atoms with Crippen LogP contribution in [0, 0.1) is 0 Å². The molecule has 0 radical (unpaired) electrons. The molecule has 0 aliphatic heterocycles. The topological polar surface area (TPSA) is 81.4 Å². The molecule has 3 unspecified atom stereocenters. The van der Waals surface area contributed by atoms with Gasteiger partial charge in [0.15, 0.2) is 0 Å². The van der Waals surface area contributed by atoms with E-state index >= 15 is 0 Å². The zero-order valence-electron chi connectivity index (χ0n) is 11.9. The Balaban J connectivity index is 2.10.